The van der Waals surface area contributed by atoms with Crippen LogP contribution in [0, 0.1) is 0 Å². The minimum atomic E-state index is -0.138. The normalized spacial score (nSPS) is 27.4. The van der Waals surface area contributed by atoms with Crippen molar-refractivity contribution in [1.29, 1.82) is 0 Å². The summed E-state index contributed by atoms with van der Waals surface area (Å²) in [5.74, 6) is 0.280. The van der Waals surface area contributed by atoms with Crippen molar-refractivity contribution in [3.8, 4) is 5.75 Å². The van der Waals surface area contributed by atoms with Crippen LogP contribution < -0.4 is 5.32 Å². The molecule has 2 heterocycles. The van der Waals surface area contributed by atoms with E-state index in [4.69, 9.17) is 0 Å². The lowest BCUT2D eigenvalue weighted by Crippen LogP contribution is -2.55. The molecule has 1 fully saturated rings. The summed E-state index contributed by atoms with van der Waals surface area (Å²) in [7, 11) is 0. The van der Waals surface area contributed by atoms with E-state index in [0.717, 1.165) is 31.5 Å². The molecule has 2 N–H and O–H groups in total. The van der Waals surface area contributed by atoms with Gasteiger partial charge in [-0.05, 0) is 38.4 Å². The van der Waals surface area contributed by atoms with Gasteiger partial charge < -0.3 is 15.3 Å². The molecule has 96 valence electrons. The van der Waals surface area contributed by atoms with Gasteiger partial charge in [-0.1, -0.05) is 6.07 Å². The van der Waals surface area contributed by atoms with E-state index in [1.807, 2.05) is 4.90 Å². The third kappa shape index (κ3) is 1.60. The molecule has 1 amide bonds. The fourth-order valence-electron chi connectivity index (χ4n) is 3.02. The maximum Gasteiger partial charge on any atom is 0.255 e. The Morgan fingerprint density at radius 2 is 2.28 bits per heavy atom. The van der Waals surface area contributed by atoms with Crippen LogP contribution in [0.4, 0.5) is 0 Å². The average molecular weight is 246 g/mol. The first-order valence-electron chi connectivity index (χ1n) is 6.45. The number of hydrogen-bond donors (Lipinski definition) is 2. The number of carbonyl (C=O) groups is 1. The predicted octanol–water partition coefficient (Wildman–Crippen LogP) is 1.49. The molecule has 0 aliphatic carbocycles. The van der Waals surface area contributed by atoms with Gasteiger partial charge in [-0.3, -0.25) is 4.79 Å². The van der Waals surface area contributed by atoms with Crippen LogP contribution in [0.2, 0.25) is 0 Å². The van der Waals surface area contributed by atoms with Crippen LogP contribution in [0.15, 0.2) is 18.2 Å². The van der Waals surface area contributed by atoms with Crippen LogP contribution in [0.3, 0.4) is 0 Å². The minimum absolute atomic E-state index is 0.0482. The van der Waals surface area contributed by atoms with Gasteiger partial charge in [0.2, 0.25) is 0 Å². The van der Waals surface area contributed by atoms with E-state index in [1.165, 1.54) is 0 Å². The lowest BCUT2D eigenvalue weighted by Gasteiger charge is -2.42. The molecule has 1 saturated heterocycles. The number of carbonyl (C=O) groups excluding carboxylic acids is 1. The Bertz CT molecular complexity index is 493. The molecule has 18 heavy (non-hydrogen) atoms. The summed E-state index contributed by atoms with van der Waals surface area (Å²) in [6.45, 7) is 4.50. The summed E-state index contributed by atoms with van der Waals surface area (Å²) in [6.07, 6.45) is 2.10. The molecular weight excluding hydrogens is 228 g/mol. The van der Waals surface area contributed by atoms with E-state index in [1.54, 1.807) is 18.2 Å². The Kier molecular flexibility index (Phi) is 2.55. The van der Waals surface area contributed by atoms with Crippen LogP contribution in [-0.4, -0.2) is 34.5 Å². The first-order valence-corrected chi connectivity index (χ1v) is 6.45. The second kappa shape index (κ2) is 3.99. The monoisotopic (exact) mass is 246 g/mol. The minimum Gasteiger partial charge on any atom is -0.508 e. The summed E-state index contributed by atoms with van der Waals surface area (Å²) < 4.78 is 0. The Morgan fingerprint density at radius 1 is 1.44 bits per heavy atom. The van der Waals surface area contributed by atoms with E-state index >= 15 is 0 Å². The number of hydrogen-bond acceptors (Lipinski definition) is 3. The molecule has 4 heteroatoms. The highest BCUT2D eigenvalue weighted by Gasteiger charge is 2.41. The van der Waals surface area contributed by atoms with Gasteiger partial charge >= 0.3 is 0 Å². The highest BCUT2D eigenvalue weighted by atomic mass is 16.3. The number of amides is 1. The van der Waals surface area contributed by atoms with Gasteiger partial charge in [0.15, 0.2) is 0 Å². The standard InChI is InChI=1S/C14H18N2O2/c1-14(6-3-7-15-9-14)16-8-11-10(13(16)18)4-2-5-12(11)17/h2,4-5,15,17H,3,6-9H2,1H3/t14-/m0/s1. The molecule has 0 bridgehead atoms. The fraction of sp³-hybridized carbons (Fsp3) is 0.500. The maximum atomic E-state index is 12.4. The van der Waals surface area contributed by atoms with E-state index in [2.05, 4.69) is 12.2 Å². The van der Waals surface area contributed by atoms with E-state index in [-0.39, 0.29) is 17.2 Å². The largest absolute Gasteiger partial charge is 0.508 e. The first-order chi connectivity index (χ1) is 8.62. The number of phenols is 1. The zero-order valence-electron chi connectivity index (χ0n) is 10.6. The number of phenolic OH excluding ortho intramolecular Hbond substituents is 1. The molecule has 1 atom stereocenters. The van der Waals surface area contributed by atoms with Crippen LogP contribution >= 0.6 is 0 Å². The molecule has 1 aromatic rings. The Balaban J connectivity index is 1.94. The van der Waals surface area contributed by atoms with Gasteiger partial charge in [0.25, 0.3) is 5.91 Å². The Morgan fingerprint density at radius 3 is 2.94 bits per heavy atom. The molecule has 0 saturated carbocycles. The van der Waals surface area contributed by atoms with E-state index in [0.29, 0.717) is 12.1 Å². The quantitative estimate of drug-likeness (QED) is 0.789. The second-order valence-corrected chi connectivity index (χ2v) is 5.47. The van der Waals surface area contributed by atoms with Crippen molar-refractivity contribution < 1.29 is 9.90 Å². The van der Waals surface area contributed by atoms with Crippen molar-refractivity contribution in [3.05, 3.63) is 29.3 Å². The van der Waals surface area contributed by atoms with Gasteiger partial charge in [0, 0.05) is 17.7 Å². The number of nitrogens with one attached hydrogen (secondary N) is 1. The first kappa shape index (κ1) is 11.5. The number of aromatic hydroxyl groups is 1. The third-order valence-corrected chi connectivity index (χ3v) is 4.17. The summed E-state index contributed by atoms with van der Waals surface area (Å²) in [4.78, 5) is 14.3. The molecule has 0 spiro atoms. The van der Waals surface area contributed by atoms with Crippen molar-refractivity contribution in [2.45, 2.75) is 31.8 Å². The predicted molar refractivity (Wildman–Crippen MR) is 68.5 cm³/mol. The lowest BCUT2D eigenvalue weighted by molar-refractivity contribution is 0.0463. The molecular formula is C14H18N2O2. The summed E-state index contributed by atoms with van der Waals surface area (Å²) in [6, 6.07) is 5.19. The number of benzene rings is 1. The van der Waals surface area contributed by atoms with Crippen molar-refractivity contribution >= 4 is 5.91 Å². The smallest absolute Gasteiger partial charge is 0.255 e. The fourth-order valence-corrected chi connectivity index (χ4v) is 3.02. The maximum absolute atomic E-state index is 12.4. The van der Waals surface area contributed by atoms with Crippen molar-refractivity contribution in [2.24, 2.45) is 0 Å². The number of piperidine rings is 1. The zero-order chi connectivity index (χ0) is 12.8. The number of rotatable bonds is 1. The van der Waals surface area contributed by atoms with Crippen molar-refractivity contribution in [2.75, 3.05) is 13.1 Å². The van der Waals surface area contributed by atoms with Crippen LogP contribution in [0.5, 0.6) is 5.75 Å². The topological polar surface area (TPSA) is 52.6 Å². The highest BCUT2D eigenvalue weighted by Crippen LogP contribution is 2.36. The van der Waals surface area contributed by atoms with Crippen LogP contribution in [0.1, 0.15) is 35.7 Å². The molecule has 0 aromatic heterocycles. The second-order valence-electron chi connectivity index (χ2n) is 5.47. The molecule has 2 aliphatic rings. The molecule has 4 nitrogen and oxygen atoms in total. The highest BCUT2D eigenvalue weighted by molar-refractivity contribution is 5.99. The van der Waals surface area contributed by atoms with Crippen LogP contribution in [-0.2, 0) is 6.54 Å². The van der Waals surface area contributed by atoms with Crippen LogP contribution in [0.25, 0.3) is 0 Å². The van der Waals surface area contributed by atoms with Gasteiger partial charge in [0.05, 0.1) is 12.1 Å². The number of fused-ring (bicyclic) bond motifs is 1. The Hall–Kier alpha value is -1.55. The summed E-state index contributed by atoms with van der Waals surface area (Å²) in [5.41, 5.74) is 1.29. The van der Waals surface area contributed by atoms with Gasteiger partial charge in [-0.15, -0.1) is 0 Å². The molecule has 0 unspecified atom stereocenters. The van der Waals surface area contributed by atoms with Gasteiger partial charge in [-0.25, -0.2) is 0 Å². The number of nitrogens with zero attached hydrogens (tertiary/aromatic N) is 1. The van der Waals surface area contributed by atoms with E-state index < -0.39 is 0 Å². The zero-order valence-corrected chi connectivity index (χ0v) is 10.6. The average Bonchev–Trinajstić information content (AvgIpc) is 2.70. The molecule has 1 aromatic carbocycles. The van der Waals surface area contributed by atoms with Crippen molar-refractivity contribution in [1.82, 2.24) is 10.2 Å². The molecule has 2 aliphatic heterocycles. The Labute approximate surface area is 107 Å². The summed E-state index contributed by atoms with van der Waals surface area (Å²) >= 11 is 0. The summed E-state index contributed by atoms with van der Waals surface area (Å²) in [5, 5.41) is 13.2. The van der Waals surface area contributed by atoms with E-state index in [9.17, 15) is 9.90 Å². The van der Waals surface area contributed by atoms with Crippen molar-refractivity contribution in [3.63, 3.8) is 0 Å². The lowest BCUT2D eigenvalue weighted by atomic mass is 9.90. The van der Waals surface area contributed by atoms with Gasteiger partial charge in [0.1, 0.15) is 5.75 Å². The molecule has 0 radical (unpaired) electrons. The van der Waals surface area contributed by atoms with Gasteiger partial charge in [-0.2, -0.15) is 0 Å². The third-order valence-electron chi connectivity index (χ3n) is 4.17. The SMILES string of the molecule is C[C@]1(N2Cc3c(O)cccc3C2=O)CCCNC1. The molecule has 3 rings (SSSR count).